The molecule has 1 saturated heterocycles. The van der Waals surface area contributed by atoms with E-state index in [2.05, 4.69) is 4.74 Å². The minimum absolute atomic E-state index is 0.00307. The third kappa shape index (κ3) is 5.27. The Morgan fingerprint density at radius 2 is 1.66 bits per heavy atom. The van der Waals surface area contributed by atoms with Gasteiger partial charge in [0, 0.05) is 29.9 Å². The monoisotopic (exact) mass is 536 g/mol. The van der Waals surface area contributed by atoms with Gasteiger partial charge in [0.25, 0.3) is 5.92 Å². The molecule has 3 aromatic rings. The Balaban J connectivity index is 1.58. The van der Waals surface area contributed by atoms with E-state index < -0.39 is 30.5 Å². The minimum Gasteiger partial charge on any atom is -0.406 e. The number of nitrogens with zero attached hydrogens (tertiary/aromatic N) is 2. The van der Waals surface area contributed by atoms with Crippen molar-refractivity contribution in [3.05, 3.63) is 89.5 Å². The van der Waals surface area contributed by atoms with Crippen molar-refractivity contribution in [2.24, 2.45) is 0 Å². The zero-order valence-corrected chi connectivity index (χ0v) is 20.3. The topological polar surface area (TPSA) is 35.9 Å². The maximum atomic E-state index is 13.5. The van der Waals surface area contributed by atoms with Gasteiger partial charge < -0.3 is 19.6 Å². The standard InChI is InChI=1S/C28H26F6N2O2/c29-14-22(37)15-35-16-26(24-9-1-2-10-25(24)35,20-6-4-8-23(12-20)38-28(32,33)34)13-19-5-3-7-21(11-19)36-17-27(30,31)18-36/h1-12,22,37H,13-18H2/t22-,26?/m0/s1. The highest BCUT2D eigenvalue weighted by atomic mass is 19.4. The number of alkyl halides is 6. The smallest absolute Gasteiger partial charge is 0.406 e. The van der Waals surface area contributed by atoms with Crippen molar-refractivity contribution >= 4 is 11.4 Å². The first-order chi connectivity index (χ1) is 18.0. The van der Waals surface area contributed by atoms with Gasteiger partial charge in [-0.25, -0.2) is 13.2 Å². The largest absolute Gasteiger partial charge is 0.573 e. The second-order valence-electron chi connectivity index (χ2n) is 9.92. The number of hydrogen-bond donors (Lipinski definition) is 1. The van der Waals surface area contributed by atoms with Crippen molar-refractivity contribution < 1.29 is 36.2 Å². The summed E-state index contributed by atoms with van der Waals surface area (Å²) in [5, 5.41) is 10.1. The average molecular weight is 537 g/mol. The first-order valence-corrected chi connectivity index (χ1v) is 12.1. The lowest BCUT2D eigenvalue weighted by Gasteiger charge is -2.40. The Bertz CT molecular complexity index is 1290. The highest BCUT2D eigenvalue weighted by Crippen LogP contribution is 2.48. The van der Waals surface area contributed by atoms with Gasteiger partial charge in [-0.15, -0.1) is 13.2 Å². The summed E-state index contributed by atoms with van der Waals surface area (Å²) in [6.45, 7) is -1.45. The predicted octanol–water partition coefficient (Wildman–Crippen LogP) is 5.72. The number of β-amino-alcohol motifs (C(OH)–C–C–N with tert-alkyl or cyclic N) is 1. The molecule has 10 heteroatoms. The van der Waals surface area contributed by atoms with Crippen LogP contribution in [-0.2, 0) is 11.8 Å². The van der Waals surface area contributed by atoms with Crippen LogP contribution in [0.15, 0.2) is 72.8 Å². The molecule has 0 aromatic heterocycles. The van der Waals surface area contributed by atoms with Gasteiger partial charge in [0.05, 0.1) is 19.2 Å². The van der Waals surface area contributed by atoms with E-state index in [9.17, 15) is 31.4 Å². The SMILES string of the molecule is O[C@@H](CF)CN1CC(Cc2cccc(N3CC(F)(F)C3)c2)(c2cccc(OC(F)(F)F)c2)c2ccccc21. The van der Waals surface area contributed by atoms with Crippen molar-refractivity contribution in [3.8, 4) is 5.75 Å². The molecule has 0 bridgehead atoms. The summed E-state index contributed by atoms with van der Waals surface area (Å²) >= 11 is 0. The lowest BCUT2D eigenvalue weighted by atomic mass is 9.71. The number of anilines is 2. The number of hydrogen-bond acceptors (Lipinski definition) is 4. The van der Waals surface area contributed by atoms with Gasteiger partial charge in [0.1, 0.15) is 12.4 Å². The van der Waals surface area contributed by atoms with Crippen molar-refractivity contribution in [1.82, 2.24) is 0 Å². The molecule has 38 heavy (non-hydrogen) atoms. The van der Waals surface area contributed by atoms with Gasteiger partial charge in [0.15, 0.2) is 0 Å². The molecule has 0 saturated carbocycles. The number of rotatable bonds is 8. The van der Waals surface area contributed by atoms with Gasteiger partial charge in [0.2, 0.25) is 0 Å². The highest BCUT2D eigenvalue weighted by molar-refractivity contribution is 5.67. The zero-order valence-electron chi connectivity index (χ0n) is 20.3. The van der Waals surface area contributed by atoms with Gasteiger partial charge in [-0.1, -0.05) is 42.5 Å². The first kappa shape index (κ1) is 26.2. The number of fused-ring (bicyclic) bond motifs is 1. The molecule has 3 aromatic carbocycles. The fourth-order valence-corrected chi connectivity index (χ4v) is 5.51. The molecule has 2 atom stereocenters. The molecule has 0 radical (unpaired) electrons. The van der Waals surface area contributed by atoms with Crippen LogP contribution in [0.2, 0.25) is 0 Å². The predicted molar refractivity (Wildman–Crippen MR) is 132 cm³/mol. The molecular weight excluding hydrogens is 510 g/mol. The minimum atomic E-state index is -4.87. The molecule has 2 aliphatic heterocycles. The molecule has 5 rings (SSSR count). The highest BCUT2D eigenvalue weighted by Gasteiger charge is 2.46. The molecule has 202 valence electrons. The number of ether oxygens (including phenoxy) is 1. The summed E-state index contributed by atoms with van der Waals surface area (Å²) in [7, 11) is 0. The van der Waals surface area contributed by atoms with Crippen molar-refractivity contribution in [3.63, 3.8) is 0 Å². The van der Waals surface area contributed by atoms with E-state index in [4.69, 9.17) is 0 Å². The number of benzene rings is 3. The van der Waals surface area contributed by atoms with Crippen molar-refractivity contribution in [2.45, 2.75) is 30.2 Å². The fraction of sp³-hybridized carbons (Fsp3) is 0.357. The number of halogens is 6. The number of aliphatic hydroxyl groups excluding tert-OH is 1. The molecule has 2 heterocycles. The summed E-state index contributed by atoms with van der Waals surface area (Å²) in [6, 6.07) is 20.3. The zero-order chi connectivity index (χ0) is 27.1. The molecule has 4 nitrogen and oxygen atoms in total. The molecule has 0 spiro atoms. The van der Waals surface area contributed by atoms with Gasteiger partial charge in [-0.3, -0.25) is 0 Å². The summed E-state index contributed by atoms with van der Waals surface area (Å²) in [5.41, 5.74) is 2.62. The average Bonchev–Trinajstić information content (AvgIpc) is 3.15. The van der Waals surface area contributed by atoms with E-state index in [1.807, 2.05) is 35.2 Å². The Hall–Kier alpha value is -3.40. The third-order valence-corrected chi connectivity index (χ3v) is 7.08. The third-order valence-electron chi connectivity index (χ3n) is 7.08. The van der Waals surface area contributed by atoms with Crippen LogP contribution in [0.5, 0.6) is 5.75 Å². The van der Waals surface area contributed by atoms with Crippen LogP contribution in [0.25, 0.3) is 0 Å². The second-order valence-corrected chi connectivity index (χ2v) is 9.92. The van der Waals surface area contributed by atoms with Crippen LogP contribution in [0.3, 0.4) is 0 Å². The van der Waals surface area contributed by atoms with E-state index >= 15 is 0 Å². The van der Waals surface area contributed by atoms with Gasteiger partial charge in [-0.05, 0) is 53.4 Å². The summed E-state index contributed by atoms with van der Waals surface area (Å²) in [6.07, 6.45) is -5.79. The van der Waals surface area contributed by atoms with Gasteiger partial charge in [-0.2, -0.15) is 0 Å². The molecule has 1 fully saturated rings. The number of para-hydroxylation sites is 1. The fourth-order valence-electron chi connectivity index (χ4n) is 5.51. The Morgan fingerprint density at radius 3 is 2.37 bits per heavy atom. The van der Waals surface area contributed by atoms with E-state index in [0.29, 0.717) is 17.7 Å². The van der Waals surface area contributed by atoms with E-state index in [0.717, 1.165) is 16.8 Å². The molecular formula is C28H26F6N2O2. The lowest BCUT2D eigenvalue weighted by molar-refractivity contribution is -0.274. The van der Waals surface area contributed by atoms with E-state index in [1.165, 1.54) is 18.2 Å². The van der Waals surface area contributed by atoms with E-state index in [-0.39, 0.29) is 31.9 Å². The van der Waals surface area contributed by atoms with Crippen LogP contribution in [0, 0.1) is 0 Å². The van der Waals surface area contributed by atoms with E-state index in [1.54, 1.807) is 29.2 Å². The Labute approximate surface area is 216 Å². The molecule has 1 unspecified atom stereocenters. The molecule has 0 amide bonds. The number of aliphatic hydroxyl groups is 1. The molecule has 0 aliphatic carbocycles. The Morgan fingerprint density at radius 1 is 0.921 bits per heavy atom. The molecule has 2 aliphatic rings. The quantitative estimate of drug-likeness (QED) is 0.374. The van der Waals surface area contributed by atoms with Crippen LogP contribution < -0.4 is 14.5 Å². The molecule has 1 N–H and O–H groups in total. The van der Waals surface area contributed by atoms with Crippen LogP contribution in [0.4, 0.5) is 37.7 Å². The summed E-state index contributed by atoms with van der Waals surface area (Å²) in [4.78, 5) is 3.40. The maximum absolute atomic E-state index is 13.5. The maximum Gasteiger partial charge on any atom is 0.573 e. The van der Waals surface area contributed by atoms with Crippen molar-refractivity contribution in [1.29, 1.82) is 0 Å². The second kappa shape index (κ2) is 9.72. The van der Waals surface area contributed by atoms with Crippen molar-refractivity contribution in [2.75, 3.05) is 42.7 Å². The van der Waals surface area contributed by atoms with Gasteiger partial charge >= 0.3 is 6.36 Å². The summed E-state index contributed by atoms with van der Waals surface area (Å²) in [5.74, 6) is -3.11. The van der Waals surface area contributed by atoms with Crippen LogP contribution in [-0.4, -0.2) is 56.3 Å². The summed E-state index contributed by atoms with van der Waals surface area (Å²) < 4.78 is 83.6. The lowest BCUT2D eigenvalue weighted by Crippen LogP contribution is -2.56. The normalized spacial score (nSPS) is 21.1. The van der Waals surface area contributed by atoms with Crippen LogP contribution >= 0.6 is 0 Å². The first-order valence-electron chi connectivity index (χ1n) is 12.1. The van der Waals surface area contributed by atoms with Crippen LogP contribution in [0.1, 0.15) is 16.7 Å². The Kier molecular flexibility index (Phi) is 6.71.